The molecule has 0 fully saturated rings. The minimum Gasteiger partial charge on any atom is -0.493 e. The Bertz CT molecular complexity index is 1380. The first-order valence-electron chi connectivity index (χ1n) is 10.2. The number of aromatic nitrogens is 1. The van der Waals surface area contributed by atoms with Gasteiger partial charge in [0.05, 0.1) is 12.5 Å². The van der Waals surface area contributed by atoms with E-state index < -0.39 is 0 Å². The van der Waals surface area contributed by atoms with E-state index in [2.05, 4.69) is 10.3 Å². The Kier molecular flexibility index (Phi) is 6.26. The first-order valence-corrected chi connectivity index (χ1v) is 10.2. The van der Waals surface area contributed by atoms with Crippen LogP contribution in [0.1, 0.15) is 11.3 Å². The molecule has 2 aromatic carbocycles. The molecule has 0 aliphatic heterocycles. The average Bonchev–Trinajstić information content (AvgIpc) is 2.82. The molecule has 4 aromatic rings. The fourth-order valence-electron chi connectivity index (χ4n) is 3.22. The largest absolute Gasteiger partial charge is 0.493 e. The molecule has 0 spiro atoms. The predicted octanol–water partition coefficient (Wildman–Crippen LogP) is 4.62. The molecule has 2 aromatic heterocycles. The quantitative estimate of drug-likeness (QED) is 0.442. The highest BCUT2D eigenvalue weighted by Gasteiger charge is 2.16. The number of aryl methyl sites for hydroxylation is 2. The van der Waals surface area contributed by atoms with Crippen LogP contribution < -0.4 is 25.0 Å². The van der Waals surface area contributed by atoms with Crippen LogP contribution in [0.2, 0.25) is 0 Å². The van der Waals surface area contributed by atoms with Gasteiger partial charge in [-0.1, -0.05) is 18.2 Å². The monoisotopic (exact) mass is 446 g/mol. The predicted molar refractivity (Wildman–Crippen MR) is 123 cm³/mol. The number of hydrogen-bond donors (Lipinski definition) is 1. The van der Waals surface area contributed by atoms with E-state index in [9.17, 15) is 9.59 Å². The smallest absolute Gasteiger partial charge is 0.263 e. The number of pyridine rings is 1. The number of hydrogen-bond acceptors (Lipinski definition) is 7. The lowest BCUT2D eigenvalue weighted by atomic mass is 10.2. The van der Waals surface area contributed by atoms with Gasteiger partial charge in [0.15, 0.2) is 18.1 Å². The molecule has 4 rings (SSSR count). The maximum Gasteiger partial charge on any atom is 0.263 e. The Balaban J connectivity index is 1.52. The number of amides is 1. The summed E-state index contributed by atoms with van der Waals surface area (Å²) < 4.78 is 22.5. The summed E-state index contributed by atoms with van der Waals surface area (Å²) in [6, 6.07) is 15.4. The number of nitrogens with zero attached hydrogens (tertiary/aromatic N) is 1. The maximum absolute atomic E-state index is 13.0. The fourth-order valence-corrected chi connectivity index (χ4v) is 3.22. The lowest BCUT2D eigenvalue weighted by Crippen LogP contribution is -2.21. The molecule has 0 saturated heterocycles. The molecule has 0 aliphatic carbocycles. The van der Waals surface area contributed by atoms with Gasteiger partial charge < -0.3 is 23.9 Å². The zero-order chi connectivity index (χ0) is 23.4. The summed E-state index contributed by atoms with van der Waals surface area (Å²) in [5.41, 5.74) is 0.845. The summed E-state index contributed by atoms with van der Waals surface area (Å²) in [6.45, 7) is 3.27. The van der Waals surface area contributed by atoms with Crippen LogP contribution in [0, 0.1) is 13.8 Å². The average molecular weight is 446 g/mol. The molecule has 0 saturated carbocycles. The molecule has 33 heavy (non-hydrogen) atoms. The summed E-state index contributed by atoms with van der Waals surface area (Å²) >= 11 is 0. The summed E-state index contributed by atoms with van der Waals surface area (Å²) in [5, 5.41) is 3.03. The van der Waals surface area contributed by atoms with Gasteiger partial charge in [0.25, 0.3) is 5.91 Å². The number of benzene rings is 2. The summed E-state index contributed by atoms with van der Waals surface area (Å²) in [5.74, 6) is 1.80. The number of fused-ring (bicyclic) bond motifs is 1. The normalized spacial score (nSPS) is 10.6. The van der Waals surface area contributed by atoms with Crippen molar-refractivity contribution in [1.29, 1.82) is 0 Å². The van der Waals surface area contributed by atoms with Crippen molar-refractivity contribution < 1.29 is 23.4 Å². The second kappa shape index (κ2) is 9.44. The first-order chi connectivity index (χ1) is 16.0. The van der Waals surface area contributed by atoms with Crippen molar-refractivity contribution in [2.45, 2.75) is 13.8 Å². The van der Waals surface area contributed by atoms with Crippen LogP contribution in [-0.2, 0) is 4.79 Å². The van der Waals surface area contributed by atoms with Crippen molar-refractivity contribution in [2.24, 2.45) is 0 Å². The molecule has 1 N–H and O–H groups in total. The van der Waals surface area contributed by atoms with E-state index in [0.29, 0.717) is 39.8 Å². The standard InChI is InChI=1S/C25H22N2O6/c1-15-7-6-12-26-25(15)27-22(28)14-31-17-10-11-18-21(13-17)32-16(2)24(23(18)29)33-20-9-5-4-8-19(20)30-3/h4-13H,14H2,1-3H3,(H,26,27,28). The minimum atomic E-state index is -0.352. The van der Waals surface area contributed by atoms with E-state index in [-0.39, 0.29) is 23.7 Å². The van der Waals surface area contributed by atoms with E-state index in [1.54, 1.807) is 61.7 Å². The number of nitrogens with one attached hydrogen (secondary N) is 1. The van der Waals surface area contributed by atoms with Gasteiger partial charge in [-0.3, -0.25) is 9.59 Å². The Morgan fingerprint density at radius 1 is 1.06 bits per heavy atom. The number of carbonyl (C=O) groups excluding carboxylic acids is 1. The molecule has 168 valence electrons. The molecular formula is C25H22N2O6. The summed E-state index contributed by atoms with van der Waals surface area (Å²) in [4.78, 5) is 29.4. The van der Waals surface area contributed by atoms with Gasteiger partial charge in [0.1, 0.15) is 22.9 Å². The van der Waals surface area contributed by atoms with Gasteiger partial charge in [-0.15, -0.1) is 0 Å². The Morgan fingerprint density at radius 3 is 2.61 bits per heavy atom. The lowest BCUT2D eigenvalue weighted by molar-refractivity contribution is -0.118. The SMILES string of the molecule is COc1ccccc1Oc1c(C)oc2cc(OCC(=O)Nc3ncccc3C)ccc2c1=O. The Hall–Kier alpha value is -4.33. The van der Waals surface area contributed by atoms with Gasteiger partial charge in [-0.05, 0) is 49.7 Å². The molecule has 0 radical (unpaired) electrons. The molecule has 8 heteroatoms. The van der Waals surface area contributed by atoms with Crippen LogP contribution in [-0.4, -0.2) is 24.6 Å². The number of carbonyl (C=O) groups is 1. The highest BCUT2D eigenvalue weighted by atomic mass is 16.5. The van der Waals surface area contributed by atoms with Crippen molar-refractivity contribution in [3.8, 4) is 23.0 Å². The minimum absolute atomic E-state index is 0.0748. The number of para-hydroxylation sites is 2. The van der Waals surface area contributed by atoms with Crippen molar-refractivity contribution in [3.05, 3.63) is 82.3 Å². The zero-order valence-corrected chi connectivity index (χ0v) is 18.4. The van der Waals surface area contributed by atoms with Gasteiger partial charge >= 0.3 is 0 Å². The van der Waals surface area contributed by atoms with Gasteiger partial charge in [-0.2, -0.15) is 0 Å². The Labute approximate surface area is 189 Å². The van der Waals surface area contributed by atoms with E-state index in [1.165, 1.54) is 7.11 Å². The van der Waals surface area contributed by atoms with E-state index >= 15 is 0 Å². The first kappa shape index (κ1) is 21.9. The molecule has 2 heterocycles. The molecule has 0 unspecified atom stereocenters. The third-order valence-corrected chi connectivity index (χ3v) is 4.91. The van der Waals surface area contributed by atoms with Crippen molar-refractivity contribution in [3.63, 3.8) is 0 Å². The van der Waals surface area contributed by atoms with Gasteiger partial charge in [-0.25, -0.2) is 4.98 Å². The Morgan fingerprint density at radius 2 is 1.85 bits per heavy atom. The zero-order valence-electron chi connectivity index (χ0n) is 18.4. The van der Waals surface area contributed by atoms with E-state index in [1.807, 2.05) is 13.0 Å². The van der Waals surface area contributed by atoms with Crippen molar-refractivity contribution in [1.82, 2.24) is 4.98 Å². The molecule has 0 aliphatic rings. The number of rotatable bonds is 7. The number of anilines is 1. The maximum atomic E-state index is 13.0. The van der Waals surface area contributed by atoms with Crippen LogP contribution in [0.25, 0.3) is 11.0 Å². The fraction of sp³-hybridized carbons (Fsp3) is 0.160. The summed E-state index contributed by atoms with van der Waals surface area (Å²) in [7, 11) is 1.53. The molecule has 1 amide bonds. The van der Waals surface area contributed by atoms with E-state index in [4.69, 9.17) is 18.6 Å². The highest BCUT2D eigenvalue weighted by molar-refractivity contribution is 5.91. The van der Waals surface area contributed by atoms with Crippen LogP contribution in [0.5, 0.6) is 23.0 Å². The van der Waals surface area contributed by atoms with Crippen LogP contribution in [0.15, 0.2) is 70.0 Å². The van der Waals surface area contributed by atoms with Crippen LogP contribution in [0.3, 0.4) is 0 Å². The van der Waals surface area contributed by atoms with Crippen LogP contribution in [0.4, 0.5) is 5.82 Å². The lowest BCUT2D eigenvalue weighted by Gasteiger charge is -2.12. The van der Waals surface area contributed by atoms with Gasteiger partial charge in [0, 0.05) is 12.3 Å². The molecule has 8 nitrogen and oxygen atoms in total. The molecule has 0 bridgehead atoms. The third kappa shape index (κ3) is 4.79. The number of methoxy groups -OCH3 is 1. The second-order valence-electron chi connectivity index (χ2n) is 7.23. The van der Waals surface area contributed by atoms with Gasteiger partial charge in [0.2, 0.25) is 11.2 Å². The summed E-state index contributed by atoms with van der Waals surface area (Å²) in [6.07, 6.45) is 1.60. The third-order valence-electron chi connectivity index (χ3n) is 4.91. The van der Waals surface area contributed by atoms with Crippen LogP contribution >= 0.6 is 0 Å². The second-order valence-corrected chi connectivity index (χ2v) is 7.23. The number of ether oxygens (including phenoxy) is 3. The molecule has 0 atom stereocenters. The highest BCUT2D eigenvalue weighted by Crippen LogP contribution is 2.32. The topological polar surface area (TPSA) is 99.9 Å². The van der Waals surface area contributed by atoms with Crippen molar-refractivity contribution >= 4 is 22.7 Å². The van der Waals surface area contributed by atoms with E-state index in [0.717, 1.165) is 5.56 Å². The molecular weight excluding hydrogens is 424 g/mol. The van der Waals surface area contributed by atoms with Crippen molar-refractivity contribution in [2.75, 3.05) is 19.0 Å².